The van der Waals surface area contributed by atoms with Gasteiger partial charge in [0.25, 0.3) is 0 Å². The predicted molar refractivity (Wildman–Crippen MR) is 119 cm³/mol. The average Bonchev–Trinajstić information content (AvgIpc) is 2.80. The molecule has 0 atom stereocenters. The SMILES string of the molecule is COc1ccc(Cl)cc1CN1CCN(c2ccc(S(=O)(=O)N3CCOCC3)cn2)CC1. The standard InChI is InChI=1S/C21H27ClN4O4S/c1-29-20-4-2-18(22)14-17(20)16-24-6-8-25(9-7-24)21-5-3-19(15-23-21)31(27,28)26-10-12-30-13-11-26/h2-5,14-15H,6-13,16H2,1H3. The Labute approximate surface area is 188 Å². The molecule has 2 aromatic rings. The highest BCUT2D eigenvalue weighted by Crippen LogP contribution is 2.25. The van der Waals surface area contributed by atoms with Gasteiger partial charge in [-0.2, -0.15) is 4.31 Å². The Morgan fingerprint density at radius 3 is 2.45 bits per heavy atom. The highest BCUT2D eigenvalue weighted by atomic mass is 35.5. The third-order valence-electron chi connectivity index (χ3n) is 5.66. The van der Waals surface area contributed by atoms with Gasteiger partial charge in [0.15, 0.2) is 0 Å². The molecule has 0 aliphatic carbocycles. The van der Waals surface area contributed by atoms with Crippen molar-refractivity contribution in [2.75, 3.05) is 64.5 Å². The molecule has 0 N–H and O–H groups in total. The minimum absolute atomic E-state index is 0.227. The highest BCUT2D eigenvalue weighted by Gasteiger charge is 2.27. The first kappa shape index (κ1) is 22.3. The van der Waals surface area contributed by atoms with Crippen LogP contribution < -0.4 is 9.64 Å². The fourth-order valence-electron chi connectivity index (χ4n) is 3.89. The van der Waals surface area contributed by atoms with E-state index in [2.05, 4.69) is 14.8 Å². The molecule has 0 amide bonds. The van der Waals surface area contributed by atoms with Crippen LogP contribution in [-0.2, 0) is 21.3 Å². The van der Waals surface area contributed by atoms with Crippen molar-refractivity contribution in [1.82, 2.24) is 14.2 Å². The Hall–Kier alpha value is -1.91. The minimum atomic E-state index is -3.52. The van der Waals surface area contributed by atoms with Crippen LogP contribution in [0.3, 0.4) is 0 Å². The molecule has 4 rings (SSSR count). The number of hydrogen-bond acceptors (Lipinski definition) is 7. The number of anilines is 1. The van der Waals surface area contributed by atoms with E-state index in [4.69, 9.17) is 21.1 Å². The first-order chi connectivity index (χ1) is 15.0. The molecule has 3 heterocycles. The number of aromatic nitrogens is 1. The number of methoxy groups -OCH3 is 1. The Balaban J connectivity index is 1.36. The van der Waals surface area contributed by atoms with Crippen LogP contribution in [0.2, 0.25) is 5.02 Å². The van der Waals surface area contributed by atoms with Crippen LogP contribution in [0.1, 0.15) is 5.56 Å². The van der Waals surface area contributed by atoms with Crippen LogP contribution in [0.15, 0.2) is 41.4 Å². The van der Waals surface area contributed by atoms with E-state index in [9.17, 15) is 8.42 Å². The van der Waals surface area contributed by atoms with E-state index in [0.29, 0.717) is 31.3 Å². The third-order valence-corrected chi connectivity index (χ3v) is 7.78. The lowest BCUT2D eigenvalue weighted by Crippen LogP contribution is -2.46. The second-order valence-electron chi connectivity index (χ2n) is 7.59. The topological polar surface area (TPSA) is 75.2 Å². The summed E-state index contributed by atoms with van der Waals surface area (Å²) < 4.78 is 37.7. The zero-order valence-electron chi connectivity index (χ0n) is 17.5. The van der Waals surface area contributed by atoms with Crippen molar-refractivity contribution in [3.05, 3.63) is 47.1 Å². The molecule has 168 valence electrons. The first-order valence-electron chi connectivity index (χ1n) is 10.3. The molecule has 0 bridgehead atoms. The summed E-state index contributed by atoms with van der Waals surface area (Å²) in [6.07, 6.45) is 1.46. The van der Waals surface area contributed by atoms with E-state index >= 15 is 0 Å². The van der Waals surface area contributed by atoms with Gasteiger partial charge < -0.3 is 14.4 Å². The normalized spacial score (nSPS) is 18.8. The molecule has 2 aliphatic rings. The summed E-state index contributed by atoms with van der Waals surface area (Å²) in [5, 5.41) is 0.700. The molecule has 0 radical (unpaired) electrons. The van der Waals surface area contributed by atoms with Crippen molar-refractivity contribution in [3.63, 3.8) is 0 Å². The van der Waals surface area contributed by atoms with Gasteiger partial charge in [-0.25, -0.2) is 13.4 Å². The maximum atomic E-state index is 12.8. The minimum Gasteiger partial charge on any atom is -0.496 e. The van der Waals surface area contributed by atoms with Crippen molar-refractivity contribution in [2.45, 2.75) is 11.4 Å². The van der Waals surface area contributed by atoms with E-state index in [1.54, 1.807) is 19.2 Å². The van der Waals surface area contributed by atoms with Gasteiger partial charge in [-0.3, -0.25) is 4.90 Å². The summed E-state index contributed by atoms with van der Waals surface area (Å²) in [5.74, 6) is 1.63. The molecule has 2 aliphatic heterocycles. The molecule has 2 fully saturated rings. The Kier molecular flexibility index (Phi) is 6.98. The van der Waals surface area contributed by atoms with Crippen LogP contribution in [0.5, 0.6) is 5.75 Å². The number of pyridine rings is 1. The predicted octanol–water partition coefficient (Wildman–Crippen LogP) is 2.09. The maximum absolute atomic E-state index is 12.8. The van der Waals surface area contributed by atoms with E-state index in [0.717, 1.165) is 49.9 Å². The fraction of sp³-hybridized carbons (Fsp3) is 0.476. The number of sulfonamides is 1. The number of ether oxygens (including phenoxy) is 2. The summed E-state index contributed by atoms with van der Waals surface area (Å²) in [4.78, 5) is 9.20. The first-order valence-corrected chi connectivity index (χ1v) is 12.1. The lowest BCUT2D eigenvalue weighted by molar-refractivity contribution is 0.0730. The number of morpholine rings is 1. The van der Waals surface area contributed by atoms with Crippen molar-refractivity contribution in [3.8, 4) is 5.75 Å². The molecule has 0 spiro atoms. The summed E-state index contributed by atoms with van der Waals surface area (Å²) in [6.45, 7) is 5.73. The Bertz CT molecular complexity index is 989. The zero-order valence-corrected chi connectivity index (χ0v) is 19.1. The van der Waals surface area contributed by atoms with Crippen molar-refractivity contribution < 1.29 is 17.9 Å². The summed E-state index contributed by atoms with van der Waals surface area (Å²) in [5.41, 5.74) is 1.07. The van der Waals surface area contributed by atoms with E-state index in [1.165, 1.54) is 10.5 Å². The van der Waals surface area contributed by atoms with E-state index in [1.807, 2.05) is 18.2 Å². The Morgan fingerprint density at radius 2 is 1.81 bits per heavy atom. The van der Waals surface area contributed by atoms with Gasteiger partial charge in [-0.15, -0.1) is 0 Å². The molecule has 31 heavy (non-hydrogen) atoms. The molecular weight excluding hydrogens is 440 g/mol. The number of halogens is 1. The zero-order chi connectivity index (χ0) is 21.8. The van der Waals surface area contributed by atoms with E-state index in [-0.39, 0.29) is 4.90 Å². The molecule has 0 unspecified atom stereocenters. The lowest BCUT2D eigenvalue weighted by atomic mass is 10.1. The van der Waals surface area contributed by atoms with Crippen LogP contribution in [0, 0.1) is 0 Å². The van der Waals surface area contributed by atoms with Gasteiger partial charge in [0, 0.05) is 62.6 Å². The third kappa shape index (κ3) is 5.12. The van der Waals surface area contributed by atoms with Crippen molar-refractivity contribution in [2.24, 2.45) is 0 Å². The molecule has 8 nitrogen and oxygen atoms in total. The van der Waals surface area contributed by atoms with Gasteiger partial charge in [-0.05, 0) is 30.3 Å². The summed E-state index contributed by atoms with van der Waals surface area (Å²) in [7, 11) is -1.86. The van der Waals surface area contributed by atoms with Gasteiger partial charge in [0.05, 0.1) is 20.3 Å². The van der Waals surface area contributed by atoms with Crippen LogP contribution in [0.4, 0.5) is 5.82 Å². The highest BCUT2D eigenvalue weighted by molar-refractivity contribution is 7.89. The Morgan fingerprint density at radius 1 is 1.06 bits per heavy atom. The van der Waals surface area contributed by atoms with E-state index < -0.39 is 10.0 Å². The second-order valence-corrected chi connectivity index (χ2v) is 9.96. The number of rotatable bonds is 6. The van der Waals surface area contributed by atoms with Gasteiger partial charge in [0.2, 0.25) is 10.0 Å². The molecule has 10 heteroatoms. The van der Waals surface area contributed by atoms with Crippen LogP contribution >= 0.6 is 11.6 Å². The van der Waals surface area contributed by atoms with Gasteiger partial charge in [0.1, 0.15) is 16.5 Å². The van der Waals surface area contributed by atoms with Crippen LogP contribution in [0.25, 0.3) is 0 Å². The fourth-order valence-corrected chi connectivity index (χ4v) is 5.44. The largest absolute Gasteiger partial charge is 0.496 e. The summed E-state index contributed by atoms with van der Waals surface area (Å²) in [6, 6.07) is 9.11. The summed E-state index contributed by atoms with van der Waals surface area (Å²) >= 11 is 6.15. The second kappa shape index (κ2) is 9.70. The quantitative estimate of drug-likeness (QED) is 0.645. The van der Waals surface area contributed by atoms with Crippen LogP contribution in [-0.4, -0.2) is 82.2 Å². The number of hydrogen-bond donors (Lipinski definition) is 0. The maximum Gasteiger partial charge on any atom is 0.244 e. The molecule has 2 saturated heterocycles. The number of benzene rings is 1. The van der Waals surface area contributed by atoms with Crippen molar-refractivity contribution in [1.29, 1.82) is 0 Å². The lowest BCUT2D eigenvalue weighted by Gasteiger charge is -2.35. The molecular formula is C21H27ClN4O4S. The van der Waals surface area contributed by atoms with Crippen molar-refractivity contribution >= 4 is 27.4 Å². The van der Waals surface area contributed by atoms with Gasteiger partial charge >= 0.3 is 0 Å². The van der Waals surface area contributed by atoms with Gasteiger partial charge in [-0.1, -0.05) is 11.6 Å². The molecule has 1 aromatic carbocycles. The monoisotopic (exact) mass is 466 g/mol. The molecule has 1 aromatic heterocycles. The average molecular weight is 467 g/mol. The number of nitrogens with zero attached hydrogens (tertiary/aromatic N) is 4. The number of piperazine rings is 1. The molecule has 0 saturated carbocycles. The smallest absolute Gasteiger partial charge is 0.244 e.